The van der Waals surface area contributed by atoms with Crippen LogP contribution < -0.4 is 14.9 Å². The van der Waals surface area contributed by atoms with Crippen LogP contribution in [0.25, 0.3) is 6.08 Å². The van der Waals surface area contributed by atoms with E-state index < -0.39 is 56.6 Å². The normalized spacial score (nSPS) is 24.0. The summed E-state index contributed by atoms with van der Waals surface area (Å²) in [6.45, 7) is 14.4. The summed E-state index contributed by atoms with van der Waals surface area (Å²) >= 11 is 0. The molecule has 15 heteroatoms. The number of allylic oxidation sites excluding steroid dienone is 2. The minimum absolute atomic E-state index is 0.153. The lowest BCUT2D eigenvalue weighted by atomic mass is 9.98. The number of carbonyl (C=O) groups is 1. The summed E-state index contributed by atoms with van der Waals surface area (Å²) in [4.78, 5) is 25.0. The molecule has 13 nitrogen and oxygen atoms in total. The van der Waals surface area contributed by atoms with Gasteiger partial charge in [0.05, 0.1) is 19.0 Å². The van der Waals surface area contributed by atoms with Crippen LogP contribution in [-0.4, -0.2) is 83.9 Å². The molecule has 1 fully saturated rings. The molecule has 246 valence electrons. The molecule has 0 saturated carbocycles. The summed E-state index contributed by atoms with van der Waals surface area (Å²) in [6, 6.07) is 3.99. The maximum absolute atomic E-state index is 16.1. The highest BCUT2D eigenvalue weighted by molar-refractivity contribution is 7.52. The van der Waals surface area contributed by atoms with Crippen molar-refractivity contribution < 1.29 is 37.4 Å². The van der Waals surface area contributed by atoms with Crippen molar-refractivity contribution in [1.82, 2.24) is 20.0 Å². The van der Waals surface area contributed by atoms with E-state index in [1.54, 1.807) is 58.3 Å². The third-order valence-corrected chi connectivity index (χ3v) is 8.57. The van der Waals surface area contributed by atoms with Crippen molar-refractivity contribution in [2.24, 2.45) is 9.98 Å². The quantitative estimate of drug-likeness (QED) is 0.0880. The highest BCUT2D eigenvalue weighted by atomic mass is 31.2. The average Bonchev–Trinajstić information content (AvgIpc) is 3.49. The Morgan fingerprint density at radius 3 is 2.69 bits per heavy atom. The zero-order valence-electron chi connectivity index (χ0n) is 26.6. The second-order valence-corrected chi connectivity index (χ2v) is 12.4. The van der Waals surface area contributed by atoms with E-state index in [1.165, 1.54) is 17.8 Å². The molecule has 1 aliphatic heterocycles. The molecule has 3 N–H and O–H groups in total. The van der Waals surface area contributed by atoms with Gasteiger partial charge < -0.3 is 24.4 Å². The van der Waals surface area contributed by atoms with Crippen LogP contribution in [0, 0.1) is 6.92 Å². The molecule has 1 saturated heterocycles. The fourth-order valence-electron chi connectivity index (χ4n) is 4.66. The molecule has 1 aromatic carbocycles. The first kappa shape index (κ1) is 35.8. The number of ether oxygens (including phenoxy) is 2. The number of halogens is 1. The lowest BCUT2D eigenvalue weighted by Gasteiger charge is -2.26. The van der Waals surface area contributed by atoms with Gasteiger partial charge in [0.15, 0.2) is 23.6 Å². The van der Waals surface area contributed by atoms with Crippen molar-refractivity contribution in [3.63, 3.8) is 0 Å². The molecular formula is C30H42FN6O7P. The number of aromatic nitrogens is 2. The second-order valence-electron chi connectivity index (χ2n) is 10.7. The molecule has 1 aromatic heterocycles. The minimum atomic E-state index is -4.41. The summed E-state index contributed by atoms with van der Waals surface area (Å²) < 4.78 is 54.5. The maximum atomic E-state index is 16.1. The van der Waals surface area contributed by atoms with E-state index in [-0.39, 0.29) is 11.6 Å². The fraction of sp³-hybridized carbons (Fsp3) is 0.467. The van der Waals surface area contributed by atoms with E-state index in [9.17, 15) is 14.5 Å². The van der Waals surface area contributed by atoms with Crippen molar-refractivity contribution in [3.05, 3.63) is 60.1 Å². The third kappa shape index (κ3) is 8.13. The Hall–Kier alpha value is -3.68. The van der Waals surface area contributed by atoms with Crippen molar-refractivity contribution in [2.45, 2.75) is 70.9 Å². The minimum Gasteiger partial charge on any atom is -0.462 e. The van der Waals surface area contributed by atoms with Gasteiger partial charge in [-0.25, -0.2) is 18.9 Å². The monoisotopic (exact) mass is 648 g/mol. The zero-order chi connectivity index (χ0) is 33.5. The zero-order valence-corrected chi connectivity index (χ0v) is 27.5. The van der Waals surface area contributed by atoms with E-state index in [1.807, 2.05) is 13.0 Å². The molecule has 45 heavy (non-hydrogen) atoms. The van der Waals surface area contributed by atoms with Crippen molar-refractivity contribution in [1.29, 1.82) is 0 Å². The van der Waals surface area contributed by atoms with Crippen LogP contribution in [0.4, 0.5) is 10.2 Å². The Balaban J connectivity index is 1.94. The number of rotatable bonds is 14. The molecule has 2 heterocycles. The second kappa shape index (κ2) is 15.1. The molecule has 0 amide bonds. The van der Waals surface area contributed by atoms with Crippen LogP contribution in [-0.2, 0) is 23.4 Å². The van der Waals surface area contributed by atoms with Crippen LogP contribution in [0.2, 0.25) is 0 Å². The van der Waals surface area contributed by atoms with E-state index in [0.29, 0.717) is 17.1 Å². The average molecular weight is 649 g/mol. The number of alkyl halides is 1. The van der Waals surface area contributed by atoms with Gasteiger partial charge in [-0.1, -0.05) is 36.9 Å². The van der Waals surface area contributed by atoms with Crippen LogP contribution in [0.3, 0.4) is 0 Å². The van der Waals surface area contributed by atoms with E-state index in [0.717, 1.165) is 12.5 Å². The smallest absolute Gasteiger partial charge is 0.459 e. The number of aliphatic hydroxyl groups excluding tert-OH is 1. The van der Waals surface area contributed by atoms with Gasteiger partial charge in [0.2, 0.25) is 0 Å². The molecule has 2 aromatic rings. The predicted molar refractivity (Wildman–Crippen MR) is 171 cm³/mol. The number of esters is 1. The fourth-order valence-corrected chi connectivity index (χ4v) is 6.18. The van der Waals surface area contributed by atoms with Crippen LogP contribution in [0.15, 0.2) is 53.2 Å². The van der Waals surface area contributed by atoms with Gasteiger partial charge in [-0.2, -0.15) is 5.09 Å². The molecule has 1 aliphatic rings. The number of amidine groups is 1. The largest absolute Gasteiger partial charge is 0.462 e. The van der Waals surface area contributed by atoms with Crippen LogP contribution in [0.5, 0.6) is 5.75 Å². The highest BCUT2D eigenvalue weighted by Gasteiger charge is 2.56. The Kier molecular flexibility index (Phi) is 12.0. The van der Waals surface area contributed by atoms with Crippen LogP contribution >= 0.6 is 7.75 Å². The topological polar surface area (TPSA) is 158 Å². The van der Waals surface area contributed by atoms with Gasteiger partial charge in [0.1, 0.15) is 29.7 Å². The third-order valence-electron chi connectivity index (χ3n) is 6.94. The standard InChI is InChI=1S/C30H42FN6O7P/c1-10-11-14-21-19(4)13-12-15-22(21)44-45(40,36-20(5)28(39)42-18(2)3)41-16-23-25(38)30(6,31)29(43-23)37-17-35-24(27(37)34-9)26(32-7)33-8/h10-15,17-18,20,23,25,29,38H,1,9,16H2,2-8H3,(H,32,33)(H,36,40)/b14-11-/t20-,23+,25+,29+,30+,45-/m0/s1. The maximum Gasteiger partial charge on any atom is 0.459 e. The van der Waals surface area contributed by atoms with Gasteiger partial charge >= 0.3 is 13.7 Å². The number of nitrogens with zero attached hydrogens (tertiary/aromatic N) is 4. The molecule has 0 unspecified atom stereocenters. The first-order valence-electron chi connectivity index (χ1n) is 14.2. The molecule has 6 atom stereocenters. The SMILES string of the molecule is C=C/C=C\c1c(C)cccc1O[P@](=O)(N[C@@H](C)C(=O)OC(C)C)OC[C@H]1O[C@@H](n2cnc(C(=NC)NC)c2N=C)[C@](C)(F)[C@@H]1O. The molecule has 3 rings (SSSR count). The van der Waals surface area contributed by atoms with Crippen molar-refractivity contribution >= 4 is 38.2 Å². The first-order chi connectivity index (χ1) is 21.2. The summed E-state index contributed by atoms with van der Waals surface area (Å²) in [5.74, 6) is 0.0159. The Morgan fingerprint density at radius 2 is 2.09 bits per heavy atom. The van der Waals surface area contributed by atoms with Gasteiger partial charge in [-0.05, 0) is 53.0 Å². The number of aryl methyl sites for hydroxylation is 1. The number of carbonyl (C=O) groups excluding carboxylic acids is 1. The Morgan fingerprint density at radius 1 is 1.38 bits per heavy atom. The van der Waals surface area contributed by atoms with Crippen LogP contribution in [0.1, 0.15) is 50.7 Å². The number of benzene rings is 1. The molecule has 0 bridgehead atoms. The molecular weight excluding hydrogens is 606 g/mol. The van der Waals surface area contributed by atoms with E-state index in [2.05, 4.69) is 38.7 Å². The van der Waals surface area contributed by atoms with Gasteiger partial charge in [-0.3, -0.25) is 18.9 Å². The summed E-state index contributed by atoms with van der Waals surface area (Å²) in [5, 5.41) is 16.5. The molecule has 0 spiro atoms. The first-order valence-corrected chi connectivity index (χ1v) is 15.8. The van der Waals surface area contributed by atoms with E-state index >= 15 is 4.39 Å². The molecule has 0 aliphatic carbocycles. The van der Waals surface area contributed by atoms with Gasteiger partial charge in [0, 0.05) is 19.7 Å². The lowest BCUT2D eigenvalue weighted by molar-refractivity contribution is -0.149. The number of imidazole rings is 1. The summed E-state index contributed by atoms with van der Waals surface area (Å²) in [7, 11) is -1.22. The van der Waals surface area contributed by atoms with E-state index in [4.69, 9.17) is 18.5 Å². The van der Waals surface area contributed by atoms with Gasteiger partial charge in [-0.15, -0.1) is 0 Å². The highest BCUT2D eigenvalue weighted by Crippen LogP contribution is 2.49. The number of aliphatic hydroxyl groups is 1. The summed E-state index contributed by atoms with van der Waals surface area (Å²) in [5.41, 5.74) is -0.685. The molecule has 0 radical (unpaired) electrons. The predicted octanol–water partition coefficient (Wildman–Crippen LogP) is 4.44. The Bertz CT molecular complexity index is 1490. The Labute approximate surface area is 262 Å². The number of hydrogen-bond acceptors (Lipinski definition) is 10. The number of nitrogens with one attached hydrogen (secondary N) is 2. The summed E-state index contributed by atoms with van der Waals surface area (Å²) in [6.07, 6.45) is 1.36. The van der Waals surface area contributed by atoms with Crippen molar-refractivity contribution in [2.75, 3.05) is 20.7 Å². The number of aliphatic imine (C=N–C) groups is 2. The van der Waals surface area contributed by atoms with Crippen molar-refractivity contribution in [3.8, 4) is 5.75 Å². The van der Waals surface area contributed by atoms with Gasteiger partial charge in [0.25, 0.3) is 0 Å². The lowest BCUT2D eigenvalue weighted by Crippen LogP contribution is -2.41. The number of hydrogen-bond donors (Lipinski definition) is 3.